The van der Waals surface area contributed by atoms with E-state index in [1.807, 2.05) is 0 Å². The Morgan fingerprint density at radius 2 is 2.00 bits per heavy atom. The molecule has 2 saturated carbocycles. The summed E-state index contributed by atoms with van der Waals surface area (Å²) in [5, 5.41) is 0. The smallest absolute Gasteiger partial charge is 0.303 e. The first-order valence-electron chi connectivity index (χ1n) is 11.8. The Morgan fingerprint density at radius 3 is 2.73 bits per heavy atom. The molecule has 0 aromatic heterocycles. The molecule has 1 heterocycles. The number of Topliss-reactive ketones (excluding diaryl/α,β-unsaturated/α-hetero) is 1. The lowest BCUT2D eigenvalue weighted by molar-refractivity contribution is -0.148. The van der Waals surface area contributed by atoms with Gasteiger partial charge in [-0.3, -0.25) is 9.59 Å². The van der Waals surface area contributed by atoms with Crippen LogP contribution in [0, 0.1) is 34.5 Å². The summed E-state index contributed by atoms with van der Waals surface area (Å²) in [7, 11) is 0. The van der Waals surface area contributed by atoms with Crippen molar-refractivity contribution in [2.24, 2.45) is 34.5 Å². The van der Waals surface area contributed by atoms with Crippen LogP contribution in [-0.2, 0) is 19.1 Å². The summed E-state index contributed by atoms with van der Waals surface area (Å²) in [6.07, 6.45) is 10.0. The largest absolute Gasteiger partial charge is 0.458 e. The van der Waals surface area contributed by atoms with Crippen LogP contribution in [0.15, 0.2) is 23.8 Å². The maximum atomic E-state index is 12.9. The van der Waals surface area contributed by atoms with Crippen molar-refractivity contribution in [1.29, 1.82) is 0 Å². The standard InChI is InChI=1S/C26H38O4/c1-16-8-10-25(4)15-30-24(22(25)12-16)13-19-17(2)9-11-26(5)20(19)6-7-21(26)23(28)14-29-18(3)27/h12,17,19-21,24H,1,6-11,13-15H2,2-5H3. The third kappa shape index (κ3) is 3.70. The number of ketones is 1. The molecule has 3 aliphatic carbocycles. The highest BCUT2D eigenvalue weighted by Crippen LogP contribution is 2.61. The van der Waals surface area contributed by atoms with Gasteiger partial charge in [0.15, 0.2) is 5.78 Å². The molecule has 0 aromatic carbocycles. The second-order valence-electron chi connectivity index (χ2n) is 11.0. The monoisotopic (exact) mass is 414 g/mol. The second kappa shape index (κ2) is 7.93. The highest BCUT2D eigenvalue weighted by molar-refractivity contribution is 5.85. The SMILES string of the molecule is C=C1C=C2C(CC3C(C)CCC4(C)C(C(=O)COC(C)=O)CCC34)OCC2(C)CC1. The van der Waals surface area contributed by atoms with Gasteiger partial charge in [-0.2, -0.15) is 0 Å². The molecule has 4 nitrogen and oxygen atoms in total. The van der Waals surface area contributed by atoms with Crippen LogP contribution in [0.5, 0.6) is 0 Å². The van der Waals surface area contributed by atoms with Gasteiger partial charge in [-0.05, 0) is 73.7 Å². The van der Waals surface area contributed by atoms with Crippen LogP contribution in [0.1, 0.15) is 72.6 Å². The average Bonchev–Trinajstić information content (AvgIpc) is 3.20. The zero-order valence-electron chi connectivity index (χ0n) is 19.2. The molecule has 3 fully saturated rings. The molecule has 0 amide bonds. The topological polar surface area (TPSA) is 52.6 Å². The van der Waals surface area contributed by atoms with E-state index in [2.05, 4.69) is 33.4 Å². The molecule has 0 bridgehead atoms. The number of ether oxygens (including phenoxy) is 2. The van der Waals surface area contributed by atoms with Crippen molar-refractivity contribution in [1.82, 2.24) is 0 Å². The van der Waals surface area contributed by atoms with E-state index in [0.717, 1.165) is 51.6 Å². The lowest BCUT2D eigenvalue weighted by Gasteiger charge is -2.48. The predicted molar refractivity (Wildman–Crippen MR) is 117 cm³/mol. The predicted octanol–water partition coefficient (Wildman–Crippen LogP) is 5.27. The fraction of sp³-hybridized carbons (Fsp3) is 0.769. The molecule has 7 unspecified atom stereocenters. The highest BCUT2D eigenvalue weighted by atomic mass is 16.5. The lowest BCUT2D eigenvalue weighted by atomic mass is 9.56. The van der Waals surface area contributed by atoms with Crippen LogP contribution < -0.4 is 0 Å². The summed E-state index contributed by atoms with van der Waals surface area (Å²) in [6, 6.07) is 0. The molecule has 0 radical (unpaired) electrons. The first kappa shape index (κ1) is 21.8. The number of esters is 1. The molecule has 166 valence electrons. The molecule has 30 heavy (non-hydrogen) atoms. The number of hydrogen-bond acceptors (Lipinski definition) is 4. The molecule has 4 aliphatic rings. The molecule has 0 spiro atoms. The van der Waals surface area contributed by atoms with Crippen LogP contribution in [0.2, 0.25) is 0 Å². The fourth-order valence-electron chi connectivity index (χ4n) is 7.18. The van der Waals surface area contributed by atoms with Crippen molar-refractivity contribution < 1.29 is 19.1 Å². The molecular formula is C26H38O4. The van der Waals surface area contributed by atoms with Gasteiger partial charge in [0.25, 0.3) is 0 Å². The molecule has 0 N–H and O–H groups in total. The Bertz CT molecular complexity index is 767. The van der Waals surface area contributed by atoms with Crippen molar-refractivity contribution in [3.05, 3.63) is 23.8 Å². The van der Waals surface area contributed by atoms with Crippen LogP contribution in [0.25, 0.3) is 0 Å². The average molecular weight is 415 g/mol. The van der Waals surface area contributed by atoms with Crippen LogP contribution in [-0.4, -0.2) is 31.1 Å². The maximum absolute atomic E-state index is 12.9. The van der Waals surface area contributed by atoms with E-state index in [1.54, 1.807) is 0 Å². The summed E-state index contributed by atoms with van der Waals surface area (Å²) in [4.78, 5) is 24.1. The Hall–Kier alpha value is -1.42. The summed E-state index contributed by atoms with van der Waals surface area (Å²) >= 11 is 0. The van der Waals surface area contributed by atoms with Gasteiger partial charge in [0.1, 0.15) is 6.61 Å². The van der Waals surface area contributed by atoms with E-state index >= 15 is 0 Å². The third-order valence-corrected chi connectivity index (χ3v) is 9.09. The summed E-state index contributed by atoms with van der Waals surface area (Å²) < 4.78 is 11.4. The normalized spacial score (nSPS) is 43.0. The van der Waals surface area contributed by atoms with Crippen molar-refractivity contribution in [3.63, 3.8) is 0 Å². The van der Waals surface area contributed by atoms with E-state index in [4.69, 9.17) is 9.47 Å². The molecule has 1 aliphatic heterocycles. The third-order valence-electron chi connectivity index (χ3n) is 9.09. The minimum absolute atomic E-state index is 0.0142. The van der Waals surface area contributed by atoms with E-state index in [0.29, 0.717) is 17.8 Å². The van der Waals surface area contributed by atoms with Crippen molar-refractivity contribution in [3.8, 4) is 0 Å². The van der Waals surface area contributed by atoms with E-state index in [9.17, 15) is 9.59 Å². The number of rotatable bonds is 5. The maximum Gasteiger partial charge on any atom is 0.303 e. The minimum atomic E-state index is -0.373. The van der Waals surface area contributed by atoms with Gasteiger partial charge in [0.2, 0.25) is 0 Å². The van der Waals surface area contributed by atoms with E-state index in [1.165, 1.54) is 18.1 Å². The van der Waals surface area contributed by atoms with Crippen LogP contribution in [0.3, 0.4) is 0 Å². The van der Waals surface area contributed by atoms with Gasteiger partial charge in [-0.1, -0.05) is 39.0 Å². The van der Waals surface area contributed by atoms with Crippen molar-refractivity contribution in [2.45, 2.75) is 78.7 Å². The molecule has 1 saturated heterocycles. The number of carbonyl (C=O) groups is 2. The van der Waals surface area contributed by atoms with Gasteiger partial charge >= 0.3 is 5.97 Å². The Kier molecular flexibility index (Phi) is 5.76. The first-order chi connectivity index (χ1) is 14.1. The summed E-state index contributed by atoms with van der Waals surface area (Å²) in [5.41, 5.74) is 2.88. The van der Waals surface area contributed by atoms with Gasteiger partial charge in [-0.15, -0.1) is 0 Å². The molecule has 4 rings (SSSR count). The summed E-state index contributed by atoms with van der Waals surface area (Å²) in [5.74, 6) is 1.50. The fourth-order valence-corrected chi connectivity index (χ4v) is 7.18. The van der Waals surface area contributed by atoms with E-state index in [-0.39, 0.29) is 41.2 Å². The number of fused-ring (bicyclic) bond motifs is 2. The van der Waals surface area contributed by atoms with E-state index < -0.39 is 0 Å². The van der Waals surface area contributed by atoms with Crippen molar-refractivity contribution >= 4 is 11.8 Å². The summed E-state index contributed by atoms with van der Waals surface area (Å²) in [6.45, 7) is 13.4. The first-order valence-corrected chi connectivity index (χ1v) is 11.8. The zero-order chi connectivity index (χ0) is 21.7. The Balaban J connectivity index is 1.51. The van der Waals surface area contributed by atoms with Crippen molar-refractivity contribution in [2.75, 3.05) is 13.2 Å². The zero-order valence-corrected chi connectivity index (χ0v) is 19.2. The number of allylic oxidation sites excluding steroid dienone is 2. The van der Waals surface area contributed by atoms with Gasteiger partial charge < -0.3 is 9.47 Å². The Morgan fingerprint density at radius 1 is 1.23 bits per heavy atom. The molecule has 0 aromatic rings. The molecule has 4 heteroatoms. The quantitative estimate of drug-likeness (QED) is 0.575. The second-order valence-corrected chi connectivity index (χ2v) is 11.0. The van der Waals surface area contributed by atoms with Crippen LogP contribution >= 0.6 is 0 Å². The van der Waals surface area contributed by atoms with Crippen LogP contribution in [0.4, 0.5) is 0 Å². The highest BCUT2D eigenvalue weighted by Gasteiger charge is 2.56. The van der Waals surface area contributed by atoms with Gasteiger partial charge in [-0.25, -0.2) is 0 Å². The van der Waals surface area contributed by atoms with Gasteiger partial charge in [0.05, 0.1) is 12.7 Å². The number of carbonyl (C=O) groups excluding carboxylic acids is 2. The molecule has 7 atom stereocenters. The lowest BCUT2D eigenvalue weighted by Crippen LogP contribution is -2.44. The Labute approximate surface area is 181 Å². The van der Waals surface area contributed by atoms with Gasteiger partial charge in [0, 0.05) is 18.3 Å². The minimum Gasteiger partial charge on any atom is -0.458 e. The molecular weight excluding hydrogens is 376 g/mol. The number of hydrogen-bond donors (Lipinski definition) is 0.